The van der Waals surface area contributed by atoms with Gasteiger partial charge in [-0.25, -0.2) is 16.8 Å². The van der Waals surface area contributed by atoms with Gasteiger partial charge in [0.15, 0.2) is 0 Å². The average molecular weight is 314 g/mol. The van der Waals surface area contributed by atoms with Crippen LogP contribution in [0.4, 0.5) is 0 Å². The Morgan fingerprint density at radius 2 is 1.00 bits per heavy atom. The van der Waals surface area contributed by atoms with Crippen molar-refractivity contribution in [2.45, 2.75) is 0 Å². The third-order valence-electron chi connectivity index (χ3n) is 0.736. The van der Waals surface area contributed by atoms with E-state index >= 15 is 0 Å². The number of nitrogens with two attached hydrogens (primary N) is 2. The molecule has 0 amide bonds. The standard InChI is InChI=1S/2C2H7NO3S.Zn/c2*3-1-2-7(4,5)6;/h2*1-3H2,(H,4,5,6);/q;;+2/p-2. The van der Waals surface area contributed by atoms with Gasteiger partial charge in [-0.15, -0.1) is 0 Å². The smallest absolute Gasteiger partial charge is 0.748 e. The van der Waals surface area contributed by atoms with Crippen LogP contribution in [0.15, 0.2) is 0 Å². The Morgan fingerprint density at radius 1 is 0.800 bits per heavy atom. The van der Waals surface area contributed by atoms with E-state index in [2.05, 4.69) is 0 Å². The first kappa shape index (κ1) is 20.7. The Labute approximate surface area is 102 Å². The Bertz CT molecular complexity index is 291. The quantitative estimate of drug-likeness (QED) is 0.408. The van der Waals surface area contributed by atoms with Crippen LogP contribution in [0.25, 0.3) is 0 Å². The summed E-state index contributed by atoms with van der Waals surface area (Å²) in [6.07, 6.45) is 0. The fourth-order valence-corrected chi connectivity index (χ4v) is 0.866. The molecule has 0 aliphatic rings. The van der Waals surface area contributed by atoms with Gasteiger partial charge in [0, 0.05) is 13.1 Å². The summed E-state index contributed by atoms with van der Waals surface area (Å²) in [6.45, 7) is -0.183. The molecule has 0 radical (unpaired) electrons. The van der Waals surface area contributed by atoms with Gasteiger partial charge < -0.3 is 20.6 Å². The van der Waals surface area contributed by atoms with Gasteiger partial charge in [0.25, 0.3) is 0 Å². The second kappa shape index (κ2) is 9.58. The molecule has 0 saturated carbocycles. The van der Waals surface area contributed by atoms with Gasteiger partial charge >= 0.3 is 19.5 Å². The van der Waals surface area contributed by atoms with E-state index in [4.69, 9.17) is 11.5 Å². The molecule has 0 fully saturated rings. The summed E-state index contributed by atoms with van der Waals surface area (Å²) < 4.78 is 57.6. The van der Waals surface area contributed by atoms with Crippen LogP contribution in [0.2, 0.25) is 0 Å². The van der Waals surface area contributed by atoms with Crippen LogP contribution >= 0.6 is 0 Å². The van der Waals surface area contributed by atoms with Crippen LogP contribution in [0.1, 0.15) is 0 Å². The fourth-order valence-electron chi connectivity index (χ4n) is 0.289. The summed E-state index contributed by atoms with van der Waals surface area (Å²) in [4.78, 5) is 0. The maximum absolute atomic E-state index is 9.60. The Morgan fingerprint density at radius 3 is 1.00 bits per heavy atom. The minimum atomic E-state index is -4.05. The van der Waals surface area contributed by atoms with Crippen molar-refractivity contribution in [1.82, 2.24) is 0 Å². The van der Waals surface area contributed by atoms with Gasteiger partial charge in [-0.05, 0) is 0 Å². The van der Waals surface area contributed by atoms with Gasteiger partial charge in [-0.2, -0.15) is 0 Å². The summed E-state index contributed by atoms with van der Waals surface area (Å²) in [6, 6.07) is 0. The van der Waals surface area contributed by atoms with E-state index in [-0.39, 0.29) is 32.6 Å². The summed E-state index contributed by atoms with van der Waals surface area (Å²) in [5.41, 5.74) is 9.47. The molecule has 0 bridgehead atoms. The molecule has 0 aliphatic carbocycles. The summed E-state index contributed by atoms with van der Waals surface area (Å²) in [5.74, 6) is -0.931. The molecule has 0 rings (SSSR count). The monoisotopic (exact) mass is 312 g/mol. The van der Waals surface area contributed by atoms with Gasteiger partial charge in [0.2, 0.25) is 0 Å². The third-order valence-corrected chi connectivity index (χ3v) is 2.21. The average Bonchev–Trinajstić information content (AvgIpc) is 1.81. The molecular weight excluding hydrogens is 302 g/mol. The molecule has 8 nitrogen and oxygen atoms in total. The normalized spacial score (nSPS) is 10.9. The summed E-state index contributed by atoms with van der Waals surface area (Å²) >= 11 is 0. The van der Waals surface area contributed by atoms with Crippen molar-refractivity contribution in [3.63, 3.8) is 0 Å². The predicted octanol–water partition coefficient (Wildman–Crippen LogP) is -3.02. The molecule has 0 aliphatic heterocycles. The first-order valence-corrected chi connectivity index (χ1v) is 6.55. The molecule has 4 N–H and O–H groups in total. The maximum Gasteiger partial charge on any atom is 2.00 e. The second-order valence-electron chi connectivity index (χ2n) is 2.10. The largest absolute Gasteiger partial charge is 2.00 e. The van der Waals surface area contributed by atoms with E-state index in [1.54, 1.807) is 0 Å². The van der Waals surface area contributed by atoms with Gasteiger partial charge in [-0.1, -0.05) is 0 Å². The molecule has 88 valence electrons. The van der Waals surface area contributed by atoms with Crippen LogP contribution in [-0.2, 0) is 39.7 Å². The molecule has 0 saturated heterocycles. The van der Waals surface area contributed by atoms with E-state index < -0.39 is 31.7 Å². The van der Waals surface area contributed by atoms with Crippen molar-refractivity contribution in [3.05, 3.63) is 0 Å². The molecule has 0 atom stereocenters. The first-order valence-electron chi connectivity index (χ1n) is 3.39. The Balaban J connectivity index is -0.000000180. The summed E-state index contributed by atoms with van der Waals surface area (Å²) in [7, 11) is -8.10. The molecular formula is C4H12N2O6S2Zn. The predicted molar refractivity (Wildman–Crippen MR) is 47.2 cm³/mol. The number of hydrogen-bond donors (Lipinski definition) is 2. The molecule has 0 aromatic rings. The fraction of sp³-hybridized carbons (Fsp3) is 1.00. The van der Waals surface area contributed by atoms with Crippen molar-refractivity contribution in [3.8, 4) is 0 Å². The van der Waals surface area contributed by atoms with E-state index in [0.29, 0.717) is 0 Å². The summed E-state index contributed by atoms with van der Waals surface area (Å²) in [5, 5.41) is 0. The van der Waals surface area contributed by atoms with Gasteiger partial charge in [0.05, 0.1) is 31.7 Å². The van der Waals surface area contributed by atoms with Crippen molar-refractivity contribution < 1.29 is 45.4 Å². The third kappa shape index (κ3) is 31.4. The Kier molecular flexibility index (Phi) is 13.2. The van der Waals surface area contributed by atoms with E-state index in [9.17, 15) is 25.9 Å². The van der Waals surface area contributed by atoms with Crippen LogP contribution < -0.4 is 11.5 Å². The van der Waals surface area contributed by atoms with Crippen LogP contribution in [0.5, 0.6) is 0 Å². The zero-order chi connectivity index (χ0) is 11.8. The van der Waals surface area contributed by atoms with E-state index in [1.807, 2.05) is 0 Å². The second-order valence-corrected chi connectivity index (χ2v) is 5.15. The molecule has 0 unspecified atom stereocenters. The Hall–Kier alpha value is 0.363. The van der Waals surface area contributed by atoms with E-state index in [1.165, 1.54) is 0 Å². The molecule has 15 heavy (non-hydrogen) atoms. The molecule has 11 heteroatoms. The molecule has 0 aromatic heterocycles. The van der Waals surface area contributed by atoms with Crippen molar-refractivity contribution in [2.75, 3.05) is 24.6 Å². The van der Waals surface area contributed by atoms with Gasteiger partial charge in [0.1, 0.15) is 0 Å². The molecule has 0 heterocycles. The van der Waals surface area contributed by atoms with E-state index in [0.717, 1.165) is 0 Å². The zero-order valence-electron chi connectivity index (χ0n) is 7.96. The van der Waals surface area contributed by atoms with Crippen LogP contribution in [0, 0.1) is 0 Å². The van der Waals surface area contributed by atoms with Crippen molar-refractivity contribution in [2.24, 2.45) is 11.5 Å². The molecule has 0 aromatic carbocycles. The van der Waals surface area contributed by atoms with Gasteiger partial charge in [-0.3, -0.25) is 0 Å². The number of hydrogen-bond acceptors (Lipinski definition) is 8. The maximum atomic E-state index is 9.60. The minimum absolute atomic E-state index is 0. The van der Waals surface area contributed by atoms with Crippen molar-refractivity contribution >= 4 is 20.2 Å². The topological polar surface area (TPSA) is 166 Å². The SMILES string of the molecule is NCCS(=O)(=O)[O-].NCCS(=O)(=O)[O-].[Zn+2]. The first-order chi connectivity index (χ1) is 6.12. The number of rotatable bonds is 4. The zero-order valence-corrected chi connectivity index (χ0v) is 12.6. The minimum Gasteiger partial charge on any atom is -0.748 e. The van der Waals surface area contributed by atoms with Crippen molar-refractivity contribution in [1.29, 1.82) is 0 Å². The van der Waals surface area contributed by atoms with Crippen LogP contribution in [-0.4, -0.2) is 50.5 Å². The van der Waals surface area contributed by atoms with Crippen LogP contribution in [0.3, 0.4) is 0 Å². The molecule has 0 spiro atoms.